The summed E-state index contributed by atoms with van der Waals surface area (Å²) in [5.74, 6) is 0.633. The molecule has 1 atom stereocenters. The first kappa shape index (κ1) is 20.9. The van der Waals surface area contributed by atoms with Crippen LogP contribution in [0.2, 0.25) is 0 Å². The molecule has 0 bridgehead atoms. The van der Waals surface area contributed by atoms with E-state index in [0.717, 1.165) is 12.0 Å². The normalized spacial score (nSPS) is 15.5. The lowest BCUT2D eigenvalue weighted by atomic mass is 9.95. The van der Waals surface area contributed by atoms with Crippen molar-refractivity contribution >= 4 is 0 Å². The average Bonchev–Trinajstić information content (AvgIpc) is 2.43. The van der Waals surface area contributed by atoms with Crippen LogP contribution in [0.1, 0.15) is 61.8 Å². The molecule has 0 amide bonds. The van der Waals surface area contributed by atoms with E-state index in [1.807, 2.05) is 19.1 Å². The van der Waals surface area contributed by atoms with Gasteiger partial charge in [0.2, 0.25) is 0 Å². The highest BCUT2D eigenvalue weighted by Gasteiger charge is 2.36. The lowest BCUT2D eigenvalue weighted by Crippen LogP contribution is -2.54. The SMILES string of the molecule is C=C(/C=C\C(=C/C)C(C)ON(C(C)(C)C)C(C)(C)CC)OC. The van der Waals surface area contributed by atoms with Crippen LogP contribution in [0.3, 0.4) is 0 Å². The lowest BCUT2D eigenvalue weighted by Gasteiger charge is -2.46. The number of nitrogens with zero attached hydrogens (tertiary/aromatic N) is 1. The van der Waals surface area contributed by atoms with E-state index in [1.54, 1.807) is 7.11 Å². The van der Waals surface area contributed by atoms with E-state index in [2.05, 4.69) is 66.2 Å². The molecule has 0 radical (unpaired) electrons. The number of methoxy groups -OCH3 is 1. The standard InChI is InChI=1S/C19H35NO2/c1-11-17(14-13-15(3)21-10)16(4)22-20(18(5,6)7)19(8,9)12-2/h11,13-14,16H,3,12H2,1-2,4-10H3/b14-13-,17-11+. The van der Waals surface area contributed by atoms with Crippen molar-refractivity contribution in [1.29, 1.82) is 0 Å². The summed E-state index contributed by atoms with van der Waals surface area (Å²) in [6, 6.07) is 0. The van der Waals surface area contributed by atoms with Crippen molar-refractivity contribution in [2.24, 2.45) is 0 Å². The van der Waals surface area contributed by atoms with Crippen molar-refractivity contribution in [1.82, 2.24) is 5.06 Å². The molecule has 0 saturated heterocycles. The van der Waals surface area contributed by atoms with Gasteiger partial charge in [0.05, 0.1) is 7.11 Å². The van der Waals surface area contributed by atoms with E-state index >= 15 is 0 Å². The third-order valence-electron chi connectivity index (χ3n) is 3.81. The highest BCUT2D eigenvalue weighted by molar-refractivity contribution is 5.26. The largest absolute Gasteiger partial charge is 0.497 e. The van der Waals surface area contributed by atoms with Crippen LogP contribution in [-0.4, -0.2) is 29.4 Å². The molecular weight excluding hydrogens is 274 g/mol. The van der Waals surface area contributed by atoms with Crippen molar-refractivity contribution in [3.05, 3.63) is 36.1 Å². The summed E-state index contributed by atoms with van der Waals surface area (Å²) in [5, 5.41) is 2.12. The van der Waals surface area contributed by atoms with Crippen molar-refractivity contribution in [3.8, 4) is 0 Å². The topological polar surface area (TPSA) is 21.7 Å². The minimum Gasteiger partial charge on any atom is -0.497 e. The molecule has 0 N–H and O–H groups in total. The second-order valence-corrected chi connectivity index (χ2v) is 7.17. The molecule has 3 nitrogen and oxygen atoms in total. The number of rotatable bonds is 8. The van der Waals surface area contributed by atoms with Gasteiger partial charge >= 0.3 is 0 Å². The predicted octanol–water partition coefficient (Wildman–Crippen LogP) is 5.26. The summed E-state index contributed by atoms with van der Waals surface area (Å²) >= 11 is 0. The van der Waals surface area contributed by atoms with Crippen molar-refractivity contribution in [3.63, 3.8) is 0 Å². The number of hydrogen-bond donors (Lipinski definition) is 0. The van der Waals surface area contributed by atoms with Crippen LogP contribution in [0.4, 0.5) is 0 Å². The van der Waals surface area contributed by atoms with Crippen molar-refractivity contribution in [2.75, 3.05) is 7.11 Å². The summed E-state index contributed by atoms with van der Waals surface area (Å²) in [5.41, 5.74) is 0.983. The first-order valence-electron chi connectivity index (χ1n) is 8.03. The van der Waals surface area contributed by atoms with Crippen LogP contribution >= 0.6 is 0 Å². The minimum absolute atomic E-state index is 0.0365. The van der Waals surface area contributed by atoms with E-state index < -0.39 is 0 Å². The Labute approximate surface area is 137 Å². The first-order chi connectivity index (χ1) is 9.99. The number of ether oxygens (including phenoxy) is 1. The van der Waals surface area contributed by atoms with Gasteiger partial charge in [-0.05, 0) is 66.5 Å². The van der Waals surface area contributed by atoms with Crippen LogP contribution in [0, 0.1) is 0 Å². The predicted molar refractivity (Wildman–Crippen MR) is 95.6 cm³/mol. The first-order valence-corrected chi connectivity index (χ1v) is 8.03. The minimum atomic E-state index is -0.0769. The zero-order valence-corrected chi connectivity index (χ0v) is 16.0. The molecule has 0 aliphatic rings. The molecule has 0 spiro atoms. The quantitative estimate of drug-likeness (QED) is 0.347. The van der Waals surface area contributed by atoms with Crippen LogP contribution in [0.5, 0.6) is 0 Å². The van der Waals surface area contributed by atoms with Crippen LogP contribution < -0.4 is 0 Å². The molecule has 0 aliphatic heterocycles. The summed E-state index contributed by atoms with van der Waals surface area (Å²) in [7, 11) is 1.62. The molecule has 0 aliphatic carbocycles. The molecule has 3 heteroatoms. The van der Waals surface area contributed by atoms with Gasteiger partial charge in [-0.15, -0.1) is 0 Å². The second-order valence-electron chi connectivity index (χ2n) is 7.17. The molecule has 0 aromatic rings. The maximum Gasteiger partial charge on any atom is 0.111 e. The fourth-order valence-electron chi connectivity index (χ4n) is 2.30. The zero-order valence-electron chi connectivity index (χ0n) is 16.0. The number of hydroxylamine groups is 2. The smallest absolute Gasteiger partial charge is 0.111 e. The molecule has 0 heterocycles. The monoisotopic (exact) mass is 309 g/mol. The Balaban J connectivity index is 5.21. The van der Waals surface area contributed by atoms with E-state index in [1.165, 1.54) is 0 Å². The summed E-state index contributed by atoms with van der Waals surface area (Å²) in [4.78, 5) is 6.33. The fraction of sp³-hybridized carbons (Fsp3) is 0.684. The molecule has 22 heavy (non-hydrogen) atoms. The summed E-state index contributed by atoms with van der Waals surface area (Å²) < 4.78 is 5.07. The van der Waals surface area contributed by atoms with E-state index in [-0.39, 0.29) is 17.2 Å². The average molecular weight is 309 g/mol. The summed E-state index contributed by atoms with van der Waals surface area (Å²) in [6.07, 6.45) is 6.89. The summed E-state index contributed by atoms with van der Waals surface area (Å²) in [6.45, 7) is 21.0. The van der Waals surface area contributed by atoms with Gasteiger partial charge in [0.25, 0.3) is 0 Å². The Hall–Kier alpha value is -1.06. The lowest BCUT2D eigenvalue weighted by molar-refractivity contribution is -0.277. The zero-order chi connectivity index (χ0) is 17.6. The van der Waals surface area contributed by atoms with Gasteiger partial charge in [0.15, 0.2) is 0 Å². The van der Waals surface area contributed by atoms with Crippen LogP contribution in [0.25, 0.3) is 0 Å². The molecule has 0 aromatic heterocycles. The molecule has 0 fully saturated rings. The van der Waals surface area contributed by atoms with E-state index in [0.29, 0.717) is 5.76 Å². The molecule has 0 saturated carbocycles. The second kappa shape index (κ2) is 8.54. The van der Waals surface area contributed by atoms with Gasteiger partial charge in [0, 0.05) is 11.1 Å². The Morgan fingerprint density at radius 3 is 2.09 bits per heavy atom. The third-order valence-corrected chi connectivity index (χ3v) is 3.81. The van der Waals surface area contributed by atoms with Gasteiger partial charge < -0.3 is 4.74 Å². The Morgan fingerprint density at radius 1 is 1.18 bits per heavy atom. The highest BCUT2D eigenvalue weighted by Crippen LogP contribution is 2.30. The van der Waals surface area contributed by atoms with Gasteiger partial charge in [0.1, 0.15) is 11.9 Å². The molecule has 0 aromatic carbocycles. The van der Waals surface area contributed by atoms with Gasteiger partial charge in [-0.25, -0.2) is 0 Å². The molecule has 0 rings (SSSR count). The molecule has 128 valence electrons. The van der Waals surface area contributed by atoms with Crippen molar-refractivity contribution < 1.29 is 9.57 Å². The molecular formula is C19H35NO2. The van der Waals surface area contributed by atoms with Gasteiger partial charge in [-0.3, -0.25) is 4.84 Å². The van der Waals surface area contributed by atoms with E-state index in [4.69, 9.17) is 9.57 Å². The highest BCUT2D eigenvalue weighted by atomic mass is 16.7. The van der Waals surface area contributed by atoms with Crippen LogP contribution in [0.15, 0.2) is 36.1 Å². The molecule has 1 unspecified atom stereocenters. The maximum absolute atomic E-state index is 6.33. The third kappa shape index (κ3) is 6.37. The van der Waals surface area contributed by atoms with E-state index in [9.17, 15) is 0 Å². The Kier molecular flexibility index (Phi) is 8.13. The van der Waals surface area contributed by atoms with Crippen LogP contribution in [-0.2, 0) is 9.57 Å². The maximum atomic E-state index is 6.33. The van der Waals surface area contributed by atoms with Crippen molar-refractivity contribution in [2.45, 2.75) is 79.0 Å². The van der Waals surface area contributed by atoms with Gasteiger partial charge in [-0.1, -0.05) is 25.7 Å². The Bertz CT molecular complexity index is 414. The Morgan fingerprint density at radius 2 is 1.73 bits per heavy atom. The number of allylic oxidation sites excluding steroid dienone is 2. The number of hydrogen-bond acceptors (Lipinski definition) is 3. The van der Waals surface area contributed by atoms with Gasteiger partial charge in [-0.2, -0.15) is 5.06 Å². The fourth-order valence-corrected chi connectivity index (χ4v) is 2.30.